The molecule has 0 aliphatic carbocycles. The summed E-state index contributed by atoms with van der Waals surface area (Å²) in [5, 5.41) is 16.3. The lowest BCUT2D eigenvalue weighted by Gasteiger charge is -2.26. The van der Waals surface area contributed by atoms with Crippen LogP contribution in [0.4, 0.5) is 0 Å². The first kappa shape index (κ1) is 20.1. The number of thiophene rings is 1. The number of aryl methyl sites for hydroxylation is 1. The van der Waals surface area contributed by atoms with Crippen molar-refractivity contribution < 1.29 is 4.92 Å². The fraction of sp³-hybridized carbons (Fsp3) is 0.647. The third kappa shape index (κ3) is 7.25. The highest BCUT2D eigenvalue weighted by Crippen LogP contribution is 2.27. The van der Waals surface area contributed by atoms with Crippen LogP contribution >= 0.6 is 23.1 Å². The maximum atomic E-state index is 10.5. The highest BCUT2D eigenvalue weighted by Gasteiger charge is 2.13. The van der Waals surface area contributed by atoms with E-state index in [0.717, 1.165) is 24.3 Å². The van der Waals surface area contributed by atoms with Gasteiger partial charge in [-0.2, -0.15) is 11.8 Å². The van der Waals surface area contributed by atoms with Gasteiger partial charge in [-0.1, -0.05) is 6.42 Å². The van der Waals surface area contributed by atoms with Crippen LogP contribution in [-0.4, -0.2) is 42.3 Å². The predicted molar refractivity (Wildman–Crippen MR) is 106 cm³/mol. The van der Waals surface area contributed by atoms with Crippen LogP contribution in [0, 0.1) is 17.0 Å². The standard InChI is InChI=1S/C17H28N4O2S2/c1-14-10-15(25-16(14)11-20-7-4-3-5-8-20)13-24-9-6-19-17(18-2)12-21(22)23/h10,12,18-19H,3-9,11,13H2,1-2H3. The summed E-state index contributed by atoms with van der Waals surface area (Å²) < 4.78 is 0. The zero-order valence-corrected chi connectivity index (χ0v) is 16.7. The maximum Gasteiger partial charge on any atom is 0.274 e. The summed E-state index contributed by atoms with van der Waals surface area (Å²) in [6.07, 6.45) is 5.00. The van der Waals surface area contributed by atoms with E-state index in [1.165, 1.54) is 47.7 Å². The SMILES string of the molecule is CNC(=C[N+](=O)[O-])NCCSCc1cc(C)c(CN2CCCCC2)s1. The van der Waals surface area contributed by atoms with Crippen LogP contribution in [0.15, 0.2) is 18.1 Å². The Hall–Kier alpha value is -1.25. The molecule has 1 fully saturated rings. The Kier molecular flexibility index (Phi) is 8.57. The quantitative estimate of drug-likeness (QED) is 0.367. The zero-order valence-electron chi connectivity index (χ0n) is 15.0. The number of piperidine rings is 1. The minimum absolute atomic E-state index is 0.446. The van der Waals surface area contributed by atoms with Crippen molar-refractivity contribution in [3.63, 3.8) is 0 Å². The van der Waals surface area contributed by atoms with Gasteiger partial charge in [0.25, 0.3) is 6.20 Å². The summed E-state index contributed by atoms with van der Waals surface area (Å²) in [5.41, 5.74) is 1.41. The van der Waals surface area contributed by atoms with Crippen molar-refractivity contribution in [2.45, 2.75) is 38.5 Å². The molecule has 6 nitrogen and oxygen atoms in total. The summed E-state index contributed by atoms with van der Waals surface area (Å²) in [5.74, 6) is 2.36. The average Bonchev–Trinajstić information content (AvgIpc) is 2.93. The van der Waals surface area contributed by atoms with E-state index in [0.29, 0.717) is 12.4 Å². The fourth-order valence-electron chi connectivity index (χ4n) is 2.87. The van der Waals surface area contributed by atoms with Crippen molar-refractivity contribution in [3.8, 4) is 0 Å². The summed E-state index contributed by atoms with van der Waals surface area (Å²) in [6.45, 7) is 6.49. The number of nitro groups is 1. The second-order valence-electron chi connectivity index (χ2n) is 6.21. The van der Waals surface area contributed by atoms with Gasteiger partial charge in [-0.15, -0.1) is 11.3 Å². The molecule has 0 aromatic carbocycles. The van der Waals surface area contributed by atoms with Crippen LogP contribution in [0.2, 0.25) is 0 Å². The first-order valence-electron chi connectivity index (χ1n) is 8.73. The molecule has 0 atom stereocenters. The van der Waals surface area contributed by atoms with Crippen LogP contribution in [0.1, 0.15) is 34.6 Å². The lowest BCUT2D eigenvalue weighted by molar-refractivity contribution is -0.404. The van der Waals surface area contributed by atoms with Crippen molar-refractivity contribution >= 4 is 23.1 Å². The molecule has 1 aliphatic rings. The Balaban J connectivity index is 1.70. The summed E-state index contributed by atoms with van der Waals surface area (Å²) >= 11 is 3.79. The number of rotatable bonds is 10. The van der Waals surface area contributed by atoms with Crippen LogP contribution in [0.3, 0.4) is 0 Å². The van der Waals surface area contributed by atoms with Gasteiger partial charge in [0, 0.05) is 41.4 Å². The molecule has 0 unspecified atom stereocenters. The second kappa shape index (κ2) is 10.7. The Morgan fingerprint density at radius 3 is 2.88 bits per heavy atom. The van der Waals surface area contributed by atoms with E-state index in [-0.39, 0.29) is 0 Å². The van der Waals surface area contributed by atoms with Gasteiger partial charge in [0.05, 0.1) is 4.92 Å². The first-order chi connectivity index (χ1) is 12.1. The molecule has 1 saturated heterocycles. The molecule has 1 aliphatic heterocycles. The third-order valence-electron chi connectivity index (χ3n) is 4.20. The maximum absolute atomic E-state index is 10.5. The molecule has 2 rings (SSSR count). The smallest absolute Gasteiger partial charge is 0.274 e. The fourth-order valence-corrected chi connectivity index (χ4v) is 5.05. The highest BCUT2D eigenvalue weighted by atomic mass is 32.2. The van der Waals surface area contributed by atoms with E-state index in [2.05, 4.69) is 28.5 Å². The molecule has 2 heterocycles. The van der Waals surface area contributed by atoms with Crippen molar-refractivity contribution in [1.82, 2.24) is 15.5 Å². The second-order valence-corrected chi connectivity index (χ2v) is 8.54. The topological polar surface area (TPSA) is 70.4 Å². The Bertz CT molecular complexity index is 583. The van der Waals surface area contributed by atoms with Crippen molar-refractivity contribution in [1.29, 1.82) is 0 Å². The van der Waals surface area contributed by atoms with Crippen LogP contribution in [0.25, 0.3) is 0 Å². The van der Waals surface area contributed by atoms with E-state index >= 15 is 0 Å². The highest BCUT2D eigenvalue weighted by molar-refractivity contribution is 7.98. The molecule has 1 aromatic rings. The number of nitrogens with zero attached hydrogens (tertiary/aromatic N) is 2. The minimum atomic E-state index is -0.454. The molecule has 25 heavy (non-hydrogen) atoms. The number of thioether (sulfide) groups is 1. The monoisotopic (exact) mass is 384 g/mol. The third-order valence-corrected chi connectivity index (χ3v) is 6.61. The lowest BCUT2D eigenvalue weighted by Crippen LogP contribution is -2.28. The Morgan fingerprint density at radius 2 is 2.20 bits per heavy atom. The van der Waals surface area contributed by atoms with Gasteiger partial charge in [-0.3, -0.25) is 15.0 Å². The van der Waals surface area contributed by atoms with Gasteiger partial charge in [0.1, 0.15) is 0 Å². The predicted octanol–water partition coefficient (Wildman–Crippen LogP) is 3.16. The van der Waals surface area contributed by atoms with Gasteiger partial charge in [0.15, 0.2) is 5.82 Å². The largest absolute Gasteiger partial charge is 0.370 e. The molecule has 2 N–H and O–H groups in total. The number of likely N-dealkylation sites (tertiary alicyclic amines) is 1. The molecule has 0 spiro atoms. The molecule has 140 valence electrons. The Labute approximate surface area is 158 Å². The summed E-state index contributed by atoms with van der Waals surface area (Å²) in [7, 11) is 1.67. The van der Waals surface area contributed by atoms with Crippen molar-refractivity contribution in [2.24, 2.45) is 0 Å². The zero-order chi connectivity index (χ0) is 18.1. The number of nitrogens with one attached hydrogen (secondary N) is 2. The van der Waals surface area contributed by atoms with Gasteiger partial charge in [-0.05, 0) is 44.5 Å². The summed E-state index contributed by atoms with van der Waals surface area (Å²) in [4.78, 5) is 15.5. The van der Waals surface area contributed by atoms with E-state index in [4.69, 9.17) is 0 Å². The van der Waals surface area contributed by atoms with Crippen LogP contribution < -0.4 is 10.6 Å². The molecule has 0 amide bonds. The molecule has 0 saturated carbocycles. The van der Waals surface area contributed by atoms with E-state index < -0.39 is 4.92 Å². The Morgan fingerprint density at radius 1 is 1.44 bits per heavy atom. The average molecular weight is 385 g/mol. The molecule has 8 heteroatoms. The van der Waals surface area contributed by atoms with E-state index in [1.807, 2.05) is 23.1 Å². The van der Waals surface area contributed by atoms with Crippen LogP contribution in [-0.2, 0) is 12.3 Å². The normalized spacial score (nSPS) is 16.0. The van der Waals surface area contributed by atoms with Gasteiger partial charge >= 0.3 is 0 Å². The summed E-state index contributed by atoms with van der Waals surface area (Å²) in [6, 6.07) is 2.32. The van der Waals surface area contributed by atoms with Gasteiger partial charge in [-0.25, -0.2) is 0 Å². The molecule has 0 radical (unpaired) electrons. The number of hydrogen-bond donors (Lipinski definition) is 2. The van der Waals surface area contributed by atoms with Crippen LogP contribution in [0.5, 0.6) is 0 Å². The van der Waals surface area contributed by atoms with Gasteiger partial charge in [0.2, 0.25) is 0 Å². The molecular weight excluding hydrogens is 356 g/mol. The molecule has 1 aromatic heterocycles. The first-order valence-corrected chi connectivity index (χ1v) is 10.7. The van der Waals surface area contributed by atoms with Crippen molar-refractivity contribution in [2.75, 3.05) is 32.4 Å². The number of hydrogen-bond acceptors (Lipinski definition) is 7. The minimum Gasteiger partial charge on any atom is -0.370 e. The lowest BCUT2D eigenvalue weighted by atomic mass is 10.1. The van der Waals surface area contributed by atoms with E-state index in [9.17, 15) is 10.1 Å². The van der Waals surface area contributed by atoms with Crippen molar-refractivity contribution in [3.05, 3.63) is 43.5 Å². The van der Waals surface area contributed by atoms with E-state index in [1.54, 1.807) is 7.05 Å². The van der Waals surface area contributed by atoms with Gasteiger partial charge < -0.3 is 10.6 Å². The molecular formula is C17H28N4O2S2. The molecule has 0 bridgehead atoms.